The van der Waals surface area contributed by atoms with Gasteiger partial charge in [-0.2, -0.15) is 0 Å². The Morgan fingerprint density at radius 3 is 2.47 bits per heavy atom. The molecular weight excluding hydrogens is 240 g/mol. The van der Waals surface area contributed by atoms with E-state index in [0.717, 1.165) is 12.8 Å². The zero-order valence-electron chi connectivity index (χ0n) is 11.9. The standard InChI is InChI=1S/C15H24N2O2/c1-4-16-15(19)12(3)17-11(2)5-6-13-7-9-14(18)10-8-13/h7-12,17-18H,4-6H2,1-3H3,(H,16,19). The number of aryl methyl sites for hydroxylation is 1. The highest BCUT2D eigenvalue weighted by molar-refractivity contribution is 5.81. The monoisotopic (exact) mass is 264 g/mol. The molecular formula is C15H24N2O2. The van der Waals surface area contributed by atoms with Crippen molar-refractivity contribution in [2.75, 3.05) is 6.54 Å². The van der Waals surface area contributed by atoms with Crippen molar-refractivity contribution in [3.8, 4) is 5.75 Å². The van der Waals surface area contributed by atoms with E-state index in [2.05, 4.69) is 17.6 Å². The third kappa shape index (κ3) is 5.75. The van der Waals surface area contributed by atoms with Gasteiger partial charge in [0.25, 0.3) is 0 Å². The zero-order valence-corrected chi connectivity index (χ0v) is 11.9. The molecule has 1 aromatic carbocycles. The van der Waals surface area contributed by atoms with Crippen molar-refractivity contribution in [1.29, 1.82) is 0 Å². The summed E-state index contributed by atoms with van der Waals surface area (Å²) in [5.41, 5.74) is 1.19. The molecule has 0 aliphatic carbocycles. The van der Waals surface area contributed by atoms with Crippen molar-refractivity contribution in [3.63, 3.8) is 0 Å². The van der Waals surface area contributed by atoms with Crippen LogP contribution in [0.4, 0.5) is 0 Å². The van der Waals surface area contributed by atoms with Crippen molar-refractivity contribution < 1.29 is 9.90 Å². The molecule has 0 saturated heterocycles. The Kier molecular flexibility index (Phi) is 6.36. The highest BCUT2D eigenvalue weighted by Gasteiger charge is 2.14. The molecule has 1 rings (SSSR count). The van der Waals surface area contributed by atoms with E-state index in [9.17, 15) is 9.90 Å². The molecule has 2 unspecified atom stereocenters. The molecule has 0 aliphatic heterocycles. The lowest BCUT2D eigenvalue weighted by Crippen LogP contribution is -2.45. The summed E-state index contributed by atoms with van der Waals surface area (Å²) in [6.07, 6.45) is 1.88. The second-order valence-electron chi connectivity index (χ2n) is 4.89. The summed E-state index contributed by atoms with van der Waals surface area (Å²) in [4.78, 5) is 11.6. The predicted molar refractivity (Wildman–Crippen MR) is 77.2 cm³/mol. The molecule has 0 heterocycles. The maximum absolute atomic E-state index is 11.6. The van der Waals surface area contributed by atoms with E-state index in [1.165, 1.54) is 5.56 Å². The van der Waals surface area contributed by atoms with Crippen LogP contribution in [-0.2, 0) is 11.2 Å². The molecule has 0 bridgehead atoms. The number of likely N-dealkylation sites (N-methyl/N-ethyl adjacent to an activating group) is 1. The second kappa shape index (κ2) is 7.79. The number of carbonyl (C=O) groups excluding carboxylic acids is 1. The van der Waals surface area contributed by atoms with E-state index in [1.54, 1.807) is 12.1 Å². The van der Waals surface area contributed by atoms with Crippen LogP contribution in [0, 0.1) is 0 Å². The lowest BCUT2D eigenvalue weighted by atomic mass is 10.1. The summed E-state index contributed by atoms with van der Waals surface area (Å²) in [5, 5.41) is 15.3. The first-order valence-electron chi connectivity index (χ1n) is 6.84. The molecule has 0 spiro atoms. The van der Waals surface area contributed by atoms with Gasteiger partial charge in [-0.1, -0.05) is 12.1 Å². The van der Waals surface area contributed by atoms with E-state index >= 15 is 0 Å². The van der Waals surface area contributed by atoms with Crippen LogP contribution < -0.4 is 10.6 Å². The second-order valence-corrected chi connectivity index (χ2v) is 4.89. The number of amides is 1. The van der Waals surface area contributed by atoms with Crippen LogP contribution in [0.1, 0.15) is 32.8 Å². The van der Waals surface area contributed by atoms with Gasteiger partial charge in [0.1, 0.15) is 5.75 Å². The average molecular weight is 264 g/mol. The van der Waals surface area contributed by atoms with Crippen molar-refractivity contribution in [3.05, 3.63) is 29.8 Å². The Bertz CT molecular complexity index is 390. The molecule has 1 amide bonds. The number of nitrogens with one attached hydrogen (secondary N) is 2. The maximum Gasteiger partial charge on any atom is 0.236 e. The van der Waals surface area contributed by atoms with Gasteiger partial charge in [-0.15, -0.1) is 0 Å². The summed E-state index contributed by atoms with van der Waals surface area (Å²) >= 11 is 0. The highest BCUT2D eigenvalue weighted by atomic mass is 16.3. The number of phenols is 1. The smallest absolute Gasteiger partial charge is 0.236 e. The number of benzene rings is 1. The number of aromatic hydroxyl groups is 1. The predicted octanol–water partition coefficient (Wildman–Crippen LogP) is 1.83. The molecule has 4 nitrogen and oxygen atoms in total. The fraction of sp³-hybridized carbons (Fsp3) is 0.533. The normalized spacial score (nSPS) is 13.8. The van der Waals surface area contributed by atoms with Crippen LogP contribution in [-0.4, -0.2) is 29.6 Å². The van der Waals surface area contributed by atoms with Crippen LogP contribution in [0.25, 0.3) is 0 Å². The van der Waals surface area contributed by atoms with Gasteiger partial charge in [-0.05, 0) is 51.3 Å². The van der Waals surface area contributed by atoms with Crippen LogP contribution in [0.15, 0.2) is 24.3 Å². The Balaban J connectivity index is 2.33. The third-order valence-electron chi connectivity index (χ3n) is 3.08. The molecule has 106 valence electrons. The minimum absolute atomic E-state index is 0.0407. The highest BCUT2D eigenvalue weighted by Crippen LogP contribution is 2.12. The average Bonchev–Trinajstić information content (AvgIpc) is 2.38. The molecule has 0 aliphatic rings. The van der Waals surface area contributed by atoms with Gasteiger partial charge in [-0.3, -0.25) is 4.79 Å². The van der Waals surface area contributed by atoms with E-state index in [0.29, 0.717) is 12.3 Å². The number of hydrogen-bond donors (Lipinski definition) is 3. The van der Waals surface area contributed by atoms with Crippen LogP contribution in [0.2, 0.25) is 0 Å². The first-order valence-corrected chi connectivity index (χ1v) is 6.84. The summed E-state index contributed by atoms with van der Waals surface area (Å²) in [7, 11) is 0. The van der Waals surface area contributed by atoms with Crippen LogP contribution in [0.3, 0.4) is 0 Å². The van der Waals surface area contributed by atoms with Gasteiger partial charge in [0, 0.05) is 12.6 Å². The molecule has 2 atom stereocenters. The molecule has 1 aromatic rings. The Morgan fingerprint density at radius 1 is 1.26 bits per heavy atom. The molecule has 0 radical (unpaired) electrons. The fourth-order valence-electron chi connectivity index (χ4n) is 1.96. The topological polar surface area (TPSA) is 61.4 Å². The summed E-state index contributed by atoms with van der Waals surface area (Å²) in [5.74, 6) is 0.332. The molecule has 4 heteroatoms. The van der Waals surface area contributed by atoms with E-state index in [4.69, 9.17) is 0 Å². The van der Waals surface area contributed by atoms with Crippen LogP contribution in [0.5, 0.6) is 5.75 Å². The third-order valence-corrected chi connectivity index (χ3v) is 3.08. The molecule has 3 N–H and O–H groups in total. The SMILES string of the molecule is CCNC(=O)C(C)NC(C)CCc1ccc(O)cc1. The molecule has 0 saturated carbocycles. The number of hydrogen-bond acceptors (Lipinski definition) is 3. The fourth-order valence-corrected chi connectivity index (χ4v) is 1.96. The van der Waals surface area contributed by atoms with Crippen molar-refractivity contribution in [2.45, 2.75) is 45.7 Å². The minimum atomic E-state index is -0.172. The Morgan fingerprint density at radius 2 is 1.89 bits per heavy atom. The quantitative estimate of drug-likeness (QED) is 0.704. The van der Waals surface area contributed by atoms with Crippen molar-refractivity contribution >= 4 is 5.91 Å². The Labute approximate surface area is 115 Å². The first-order chi connectivity index (χ1) is 9.02. The zero-order chi connectivity index (χ0) is 14.3. The summed E-state index contributed by atoms with van der Waals surface area (Å²) in [6.45, 7) is 6.53. The number of rotatable bonds is 7. The first kappa shape index (κ1) is 15.5. The lowest BCUT2D eigenvalue weighted by Gasteiger charge is -2.19. The van der Waals surface area contributed by atoms with Crippen LogP contribution >= 0.6 is 0 Å². The minimum Gasteiger partial charge on any atom is -0.508 e. The molecule has 19 heavy (non-hydrogen) atoms. The maximum atomic E-state index is 11.6. The molecule has 0 aromatic heterocycles. The van der Waals surface area contributed by atoms with Gasteiger partial charge in [0.15, 0.2) is 0 Å². The van der Waals surface area contributed by atoms with Gasteiger partial charge in [-0.25, -0.2) is 0 Å². The lowest BCUT2D eigenvalue weighted by molar-refractivity contribution is -0.122. The molecule has 0 fully saturated rings. The summed E-state index contributed by atoms with van der Waals surface area (Å²) < 4.78 is 0. The van der Waals surface area contributed by atoms with Gasteiger partial charge >= 0.3 is 0 Å². The van der Waals surface area contributed by atoms with E-state index < -0.39 is 0 Å². The van der Waals surface area contributed by atoms with Crippen molar-refractivity contribution in [2.24, 2.45) is 0 Å². The number of phenolic OH excluding ortho intramolecular Hbond substituents is 1. The van der Waals surface area contributed by atoms with E-state index in [-0.39, 0.29) is 18.0 Å². The van der Waals surface area contributed by atoms with E-state index in [1.807, 2.05) is 26.0 Å². The van der Waals surface area contributed by atoms with Gasteiger partial charge < -0.3 is 15.7 Å². The summed E-state index contributed by atoms with van der Waals surface area (Å²) in [6, 6.07) is 7.35. The number of carbonyl (C=O) groups is 1. The Hall–Kier alpha value is -1.55. The van der Waals surface area contributed by atoms with Gasteiger partial charge in [0.05, 0.1) is 6.04 Å². The van der Waals surface area contributed by atoms with Crippen molar-refractivity contribution in [1.82, 2.24) is 10.6 Å². The largest absolute Gasteiger partial charge is 0.508 e. The van der Waals surface area contributed by atoms with Gasteiger partial charge in [0.2, 0.25) is 5.91 Å².